The number of carbonyl (C=O) groups is 1. The number of thioether (sulfide) groups is 1. The van der Waals surface area contributed by atoms with Crippen LogP contribution < -0.4 is 0 Å². The van der Waals surface area contributed by atoms with Crippen LogP contribution in [0.5, 0.6) is 0 Å². The van der Waals surface area contributed by atoms with E-state index in [1.54, 1.807) is 18.2 Å². The van der Waals surface area contributed by atoms with Gasteiger partial charge in [-0.05, 0) is 29.5 Å². The van der Waals surface area contributed by atoms with Gasteiger partial charge in [0.1, 0.15) is 5.40 Å². The molecule has 0 aliphatic heterocycles. The Balaban J connectivity index is 2.83. The fourth-order valence-electron chi connectivity index (χ4n) is 1.03. The first-order valence-electron chi connectivity index (χ1n) is 4.08. The molecule has 0 aliphatic rings. The molecule has 0 aliphatic carbocycles. The van der Waals surface area contributed by atoms with Crippen LogP contribution in [0, 0.1) is 10.7 Å². The minimum Gasteiger partial charge on any atom is -0.469 e. The van der Waals surface area contributed by atoms with Crippen molar-refractivity contribution in [3.05, 3.63) is 28.8 Å². The molecule has 0 bridgehead atoms. The molecule has 78 valence electrons. The van der Waals surface area contributed by atoms with Crippen LogP contribution in [0.3, 0.4) is 0 Å². The van der Waals surface area contributed by atoms with E-state index < -0.39 is 0 Å². The summed E-state index contributed by atoms with van der Waals surface area (Å²) in [6.07, 6.45) is 0.188. The largest absolute Gasteiger partial charge is 0.469 e. The van der Waals surface area contributed by atoms with Gasteiger partial charge in [0.2, 0.25) is 0 Å². The van der Waals surface area contributed by atoms with Crippen LogP contribution in [-0.2, 0) is 16.0 Å². The Morgan fingerprint density at radius 1 is 1.67 bits per heavy atom. The van der Waals surface area contributed by atoms with Gasteiger partial charge in [-0.2, -0.15) is 5.26 Å². The summed E-state index contributed by atoms with van der Waals surface area (Å²) in [7, 11) is 1.34. The van der Waals surface area contributed by atoms with Crippen LogP contribution in [0.2, 0.25) is 5.02 Å². The van der Waals surface area contributed by atoms with Crippen LogP contribution >= 0.6 is 23.4 Å². The number of methoxy groups -OCH3 is 1. The summed E-state index contributed by atoms with van der Waals surface area (Å²) in [5, 5.41) is 10.9. The van der Waals surface area contributed by atoms with Crippen molar-refractivity contribution in [2.75, 3.05) is 7.11 Å². The highest BCUT2D eigenvalue weighted by molar-refractivity contribution is 8.03. The minimum absolute atomic E-state index is 0.188. The molecule has 0 fully saturated rings. The zero-order chi connectivity index (χ0) is 11.3. The number of esters is 1. The second kappa shape index (κ2) is 5.64. The van der Waals surface area contributed by atoms with E-state index in [4.69, 9.17) is 16.9 Å². The summed E-state index contributed by atoms with van der Waals surface area (Å²) in [6, 6.07) is 5.13. The molecule has 0 unspecified atom stereocenters. The highest BCUT2D eigenvalue weighted by atomic mass is 35.5. The molecule has 0 heterocycles. The summed E-state index contributed by atoms with van der Waals surface area (Å²) < 4.78 is 4.53. The van der Waals surface area contributed by atoms with Crippen LogP contribution in [0.25, 0.3) is 0 Å². The number of carbonyl (C=O) groups excluding carboxylic acids is 1. The molecule has 0 aromatic heterocycles. The van der Waals surface area contributed by atoms with Crippen LogP contribution in [0.15, 0.2) is 23.1 Å². The molecule has 0 N–H and O–H groups in total. The van der Waals surface area contributed by atoms with E-state index in [-0.39, 0.29) is 12.4 Å². The van der Waals surface area contributed by atoms with E-state index in [1.165, 1.54) is 7.11 Å². The average molecular weight is 242 g/mol. The van der Waals surface area contributed by atoms with Crippen molar-refractivity contribution in [3.8, 4) is 5.40 Å². The maximum absolute atomic E-state index is 11.0. The number of benzene rings is 1. The number of nitriles is 1. The van der Waals surface area contributed by atoms with E-state index in [9.17, 15) is 4.79 Å². The molecular formula is C10H8ClNO2S. The van der Waals surface area contributed by atoms with Gasteiger partial charge < -0.3 is 4.74 Å². The van der Waals surface area contributed by atoms with Gasteiger partial charge in [-0.1, -0.05) is 17.7 Å². The monoisotopic (exact) mass is 241 g/mol. The summed E-state index contributed by atoms with van der Waals surface area (Å²) in [5.74, 6) is -0.313. The summed E-state index contributed by atoms with van der Waals surface area (Å²) >= 11 is 6.90. The molecule has 15 heavy (non-hydrogen) atoms. The maximum Gasteiger partial charge on any atom is 0.309 e. The SMILES string of the molecule is COC(=O)Cc1ccc(SC#N)c(Cl)c1. The molecule has 0 saturated heterocycles. The first kappa shape index (κ1) is 11.9. The fraction of sp³-hybridized carbons (Fsp3) is 0.200. The molecule has 0 atom stereocenters. The zero-order valence-electron chi connectivity index (χ0n) is 7.99. The van der Waals surface area contributed by atoms with Crippen LogP contribution in [-0.4, -0.2) is 13.1 Å². The Morgan fingerprint density at radius 2 is 2.40 bits per heavy atom. The number of nitrogens with zero attached hydrogens (tertiary/aromatic N) is 1. The number of ether oxygens (including phenoxy) is 1. The van der Waals surface area contributed by atoms with E-state index in [0.29, 0.717) is 9.92 Å². The number of rotatable bonds is 3. The van der Waals surface area contributed by atoms with Crippen molar-refractivity contribution in [2.45, 2.75) is 11.3 Å². The third kappa shape index (κ3) is 3.46. The van der Waals surface area contributed by atoms with Gasteiger partial charge in [0.25, 0.3) is 0 Å². The first-order valence-corrected chi connectivity index (χ1v) is 5.28. The number of hydrogen-bond acceptors (Lipinski definition) is 4. The Hall–Kier alpha value is -1.18. The van der Waals surface area contributed by atoms with Gasteiger partial charge >= 0.3 is 5.97 Å². The number of hydrogen-bond donors (Lipinski definition) is 0. The van der Waals surface area contributed by atoms with Crippen molar-refractivity contribution in [1.82, 2.24) is 0 Å². The summed E-state index contributed by atoms with van der Waals surface area (Å²) in [6.45, 7) is 0. The second-order valence-corrected chi connectivity index (χ2v) is 3.94. The lowest BCUT2D eigenvalue weighted by atomic mass is 10.1. The topological polar surface area (TPSA) is 50.1 Å². The van der Waals surface area contributed by atoms with Gasteiger partial charge in [0.15, 0.2) is 0 Å². The van der Waals surface area contributed by atoms with E-state index >= 15 is 0 Å². The fourth-order valence-corrected chi connectivity index (χ4v) is 1.73. The normalized spacial score (nSPS) is 9.40. The third-order valence-corrected chi connectivity index (χ3v) is 2.82. The minimum atomic E-state index is -0.313. The lowest BCUT2D eigenvalue weighted by Gasteiger charge is -2.03. The van der Waals surface area contributed by atoms with Crippen molar-refractivity contribution in [3.63, 3.8) is 0 Å². The Bertz CT molecular complexity index is 414. The highest BCUT2D eigenvalue weighted by Gasteiger charge is 2.06. The Labute approximate surface area is 97.0 Å². The van der Waals surface area contributed by atoms with Crippen molar-refractivity contribution < 1.29 is 9.53 Å². The third-order valence-electron chi connectivity index (χ3n) is 1.73. The lowest BCUT2D eigenvalue weighted by Crippen LogP contribution is -2.04. The van der Waals surface area contributed by atoms with Crippen LogP contribution in [0.1, 0.15) is 5.56 Å². The van der Waals surface area contributed by atoms with Crippen LogP contribution in [0.4, 0.5) is 0 Å². The maximum atomic E-state index is 11.0. The quantitative estimate of drug-likeness (QED) is 0.464. The van der Waals surface area contributed by atoms with Gasteiger partial charge in [0, 0.05) is 4.90 Å². The highest BCUT2D eigenvalue weighted by Crippen LogP contribution is 2.27. The number of halogens is 1. The van der Waals surface area contributed by atoms with E-state index in [2.05, 4.69) is 4.74 Å². The predicted molar refractivity (Wildman–Crippen MR) is 58.6 cm³/mol. The van der Waals surface area contributed by atoms with Gasteiger partial charge in [-0.3, -0.25) is 4.79 Å². The van der Waals surface area contributed by atoms with Gasteiger partial charge in [-0.15, -0.1) is 0 Å². The van der Waals surface area contributed by atoms with Crippen molar-refractivity contribution in [1.29, 1.82) is 5.26 Å². The molecule has 1 rings (SSSR count). The molecule has 0 spiro atoms. The summed E-state index contributed by atoms with van der Waals surface area (Å²) in [5.41, 5.74) is 0.772. The first-order chi connectivity index (χ1) is 7.17. The van der Waals surface area contributed by atoms with Gasteiger partial charge in [0.05, 0.1) is 18.6 Å². The standard InChI is InChI=1S/C10H8ClNO2S/c1-14-10(13)5-7-2-3-9(15-6-12)8(11)4-7/h2-4H,5H2,1H3. The summed E-state index contributed by atoms with van der Waals surface area (Å²) in [4.78, 5) is 11.7. The molecule has 0 amide bonds. The van der Waals surface area contributed by atoms with Crippen molar-refractivity contribution in [2.24, 2.45) is 0 Å². The van der Waals surface area contributed by atoms with E-state index in [1.807, 2.05) is 5.40 Å². The average Bonchev–Trinajstić information content (AvgIpc) is 2.22. The second-order valence-electron chi connectivity index (χ2n) is 2.71. The molecule has 5 heteroatoms. The molecule has 3 nitrogen and oxygen atoms in total. The molecular weight excluding hydrogens is 234 g/mol. The Morgan fingerprint density at radius 3 is 2.93 bits per heavy atom. The molecule has 1 aromatic rings. The zero-order valence-corrected chi connectivity index (χ0v) is 9.56. The van der Waals surface area contributed by atoms with Gasteiger partial charge in [-0.25, -0.2) is 0 Å². The van der Waals surface area contributed by atoms with Crippen molar-refractivity contribution >= 4 is 29.3 Å². The predicted octanol–water partition coefficient (Wildman–Crippen LogP) is 2.63. The number of thiocyanates is 1. The smallest absolute Gasteiger partial charge is 0.309 e. The van der Waals surface area contributed by atoms with E-state index in [0.717, 1.165) is 17.3 Å². The lowest BCUT2D eigenvalue weighted by molar-refractivity contribution is -0.139. The molecule has 1 aromatic carbocycles. The Kier molecular flexibility index (Phi) is 4.47. The molecule has 0 radical (unpaired) electrons. The molecule has 0 saturated carbocycles.